The summed E-state index contributed by atoms with van der Waals surface area (Å²) < 4.78 is 1.50. The van der Waals surface area contributed by atoms with E-state index in [1.807, 2.05) is 0 Å². The topological polar surface area (TPSA) is 117 Å². The number of rotatable bonds is 6. The number of amides is 1. The molecule has 0 aliphatic heterocycles. The number of thiazole rings is 1. The Bertz CT molecular complexity index is 851. The molecule has 3 N–H and O–H groups in total. The maximum absolute atomic E-state index is 12.5. The van der Waals surface area contributed by atoms with Crippen LogP contribution in [0.3, 0.4) is 0 Å². The molecular formula is C17H18N2O5S2. The first-order valence-electron chi connectivity index (χ1n) is 8.23. The molecule has 26 heavy (non-hydrogen) atoms. The molecule has 1 aromatic heterocycles. The number of carboxylic acid groups (broad SMARTS) is 2. The van der Waals surface area contributed by atoms with Crippen LogP contribution in [0, 0.1) is 11.8 Å². The summed E-state index contributed by atoms with van der Waals surface area (Å²) in [5, 5.41) is 20.9. The van der Waals surface area contributed by atoms with Crippen molar-refractivity contribution < 1.29 is 24.6 Å². The van der Waals surface area contributed by atoms with Gasteiger partial charge in [0.05, 0.1) is 27.8 Å². The first-order valence-corrected chi connectivity index (χ1v) is 10.0. The molecule has 1 aromatic carbocycles. The lowest BCUT2D eigenvalue weighted by molar-refractivity contribution is -0.147. The van der Waals surface area contributed by atoms with Gasteiger partial charge in [0.25, 0.3) is 0 Å². The van der Waals surface area contributed by atoms with Gasteiger partial charge in [0.15, 0.2) is 4.34 Å². The minimum atomic E-state index is -0.914. The van der Waals surface area contributed by atoms with E-state index in [4.69, 9.17) is 5.11 Å². The molecule has 2 aromatic rings. The van der Waals surface area contributed by atoms with Crippen molar-refractivity contribution >= 4 is 56.8 Å². The lowest BCUT2D eigenvalue weighted by Gasteiger charge is -2.27. The van der Waals surface area contributed by atoms with Crippen molar-refractivity contribution in [1.29, 1.82) is 0 Å². The normalized spacial score (nSPS) is 20.0. The second-order valence-corrected chi connectivity index (χ2v) is 8.42. The van der Waals surface area contributed by atoms with Gasteiger partial charge in [-0.3, -0.25) is 14.4 Å². The molecule has 7 nitrogen and oxygen atoms in total. The average Bonchev–Trinajstić information content (AvgIpc) is 3.02. The second kappa shape index (κ2) is 8.05. The molecule has 1 heterocycles. The van der Waals surface area contributed by atoms with Crippen LogP contribution >= 0.6 is 23.1 Å². The van der Waals surface area contributed by atoms with Crippen molar-refractivity contribution in [3.63, 3.8) is 0 Å². The Morgan fingerprint density at radius 1 is 1.19 bits per heavy atom. The van der Waals surface area contributed by atoms with E-state index in [0.717, 1.165) is 34.8 Å². The fourth-order valence-electron chi connectivity index (χ4n) is 3.14. The molecular weight excluding hydrogens is 376 g/mol. The van der Waals surface area contributed by atoms with Crippen LogP contribution in [0.2, 0.25) is 0 Å². The van der Waals surface area contributed by atoms with Crippen molar-refractivity contribution in [2.75, 3.05) is 11.1 Å². The van der Waals surface area contributed by atoms with Crippen LogP contribution in [0.4, 0.5) is 5.69 Å². The van der Waals surface area contributed by atoms with Crippen LogP contribution in [0.25, 0.3) is 10.2 Å². The molecule has 0 radical (unpaired) electrons. The van der Waals surface area contributed by atoms with Gasteiger partial charge < -0.3 is 15.5 Å². The van der Waals surface area contributed by atoms with Crippen LogP contribution in [0.1, 0.15) is 25.7 Å². The number of nitrogens with zero attached hydrogens (tertiary/aromatic N) is 1. The van der Waals surface area contributed by atoms with Crippen LogP contribution in [-0.4, -0.2) is 38.8 Å². The molecule has 1 amide bonds. The van der Waals surface area contributed by atoms with E-state index in [1.165, 1.54) is 11.3 Å². The fraction of sp³-hybridized carbons (Fsp3) is 0.412. The third-order valence-corrected chi connectivity index (χ3v) is 6.52. The number of anilines is 1. The van der Waals surface area contributed by atoms with E-state index >= 15 is 0 Å². The summed E-state index contributed by atoms with van der Waals surface area (Å²) >= 11 is 2.52. The largest absolute Gasteiger partial charge is 0.481 e. The summed E-state index contributed by atoms with van der Waals surface area (Å²) in [6.45, 7) is 0. The monoisotopic (exact) mass is 394 g/mol. The number of nitrogens with one attached hydrogen (secondary N) is 1. The molecule has 138 valence electrons. The summed E-state index contributed by atoms with van der Waals surface area (Å²) in [5.41, 5.74) is 1.33. The first kappa shape index (κ1) is 18.7. The summed E-state index contributed by atoms with van der Waals surface area (Å²) in [5.74, 6) is -3.27. The highest BCUT2D eigenvalue weighted by Gasteiger charge is 2.35. The molecule has 0 unspecified atom stereocenters. The fourth-order valence-corrected chi connectivity index (χ4v) is 4.97. The van der Waals surface area contributed by atoms with E-state index in [2.05, 4.69) is 10.3 Å². The predicted octanol–water partition coefficient (Wildman–Crippen LogP) is 3.30. The smallest absolute Gasteiger partial charge is 0.313 e. The van der Waals surface area contributed by atoms with Crippen molar-refractivity contribution in [2.45, 2.75) is 30.0 Å². The third kappa shape index (κ3) is 4.34. The molecule has 1 fully saturated rings. The summed E-state index contributed by atoms with van der Waals surface area (Å²) in [6, 6.07) is 5.28. The number of hydrogen-bond donors (Lipinski definition) is 3. The molecule has 0 bridgehead atoms. The van der Waals surface area contributed by atoms with Gasteiger partial charge in [0, 0.05) is 5.69 Å². The van der Waals surface area contributed by atoms with Gasteiger partial charge in [0.1, 0.15) is 0 Å². The first-order chi connectivity index (χ1) is 12.4. The number of carbonyl (C=O) groups is 3. The minimum absolute atomic E-state index is 0.0539. The van der Waals surface area contributed by atoms with Gasteiger partial charge in [-0.05, 0) is 31.0 Å². The Labute approximate surface area is 157 Å². The Morgan fingerprint density at radius 3 is 2.62 bits per heavy atom. The molecule has 9 heteroatoms. The number of thioether (sulfide) groups is 1. The summed E-state index contributed by atoms with van der Waals surface area (Å²) in [6.07, 6.45) is 2.82. The van der Waals surface area contributed by atoms with E-state index < -0.39 is 23.8 Å². The zero-order valence-corrected chi connectivity index (χ0v) is 15.4. The Morgan fingerprint density at radius 2 is 1.92 bits per heavy atom. The number of benzene rings is 1. The van der Waals surface area contributed by atoms with Gasteiger partial charge in [0.2, 0.25) is 5.91 Å². The van der Waals surface area contributed by atoms with Gasteiger partial charge in [-0.1, -0.05) is 24.6 Å². The van der Waals surface area contributed by atoms with Crippen LogP contribution in [0.15, 0.2) is 22.5 Å². The molecule has 1 aliphatic carbocycles. The molecule has 2 atom stereocenters. The SMILES string of the molecule is O=C(O)CSc1nc2ccc(NC(=O)[C@H]3CCCC[C@H]3C(=O)O)cc2s1. The Hall–Kier alpha value is -2.13. The highest BCUT2D eigenvalue weighted by atomic mass is 32.2. The molecule has 0 spiro atoms. The highest BCUT2D eigenvalue weighted by molar-refractivity contribution is 8.01. The summed E-state index contributed by atoms with van der Waals surface area (Å²) in [7, 11) is 0. The zero-order valence-electron chi connectivity index (χ0n) is 13.8. The van der Waals surface area contributed by atoms with Crippen molar-refractivity contribution in [2.24, 2.45) is 11.8 Å². The van der Waals surface area contributed by atoms with Crippen LogP contribution in [-0.2, 0) is 14.4 Å². The molecule has 0 saturated heterocycles. The van der Waals surface area contributed by atoms with Gasteiger partial charge in [-0.25, -0.2) is 4.98 Å². The zero-order chi connectivity index (χ0) is 18.7. The third-order valence-electron chi connectivity index (χ3n) is 4.38. The number of carbonyl (C=O) groups excluding carboxylic acids is 1. The molecule has 3 rings (SSSR count). The van der Waals surface area contributed by atoms with Gasteiger partial charge in [-0.2, -0.15) is 0 Å². The van der Waals surface area contributed by atoms with E-state index in [1.54, 1.807) is 18.2 Å². The van der Waals surface area contributed by atoms with E-state index in [-0.39, 0.29) is 11.7 Å². The standard InChI is InChI=1S/C17H18N2O5S2/c20-14(21)8-25-17-19-12-6-5-9(7-13(12)26-17)18-15(22)10-3-1-2-4-11(10)16(23)24/h5-7,10-11H,1-4,8H2,(H,18,22)(H,20,21)(H,23,24)/t10-,11+/m0/s1. The predicted molar refractivity (Wildman–Crippen MR) is 99.7 cm³/mol. The number of hydrogen-bond acceptors (Lipinski definition) is 6. The van der Waals surface area contributed by atoms with E-state index in [9.17, 15) is 19.5 Å². The maximum atomic E-state index is 12.5. The van der Waals surface area contributed by atoms with Crippen molar-refractivity contribution in [3.05, 3.63) is 18.2 Å². The number of aliphatic carboxylic acids is 2. The lowest BCUT2D eigenvalue weighted by Crippen LogP contribution is -2.36. The van der Waals surface area contributed by atoms with E-state index in [0.29, 0.717) is 22.9 Å². The number of carboxylic acids is 2. The number of aromatic nitrogens is 1. The van der Waals surface area contributed by atoms with Gasteiger partial charge >= 0.3 is 11.9 Å². The van der Waals surface area contributed by atoms with Gasteiger partial charge in [-0.15, -0.1) is 11.3 Å². The highest BCUT2D eigenvalue weighted by Crippen LogP contribution is 2.33. The molecule has 1 aliphatic rings. The maximum Gasteiger partial charge on any atom is 0.313 e. The Balaban J connectivity index is 1.72. The quantitative estimate of drug-likeness (QED) is 0.644. The minimum Gasteiger partial charge on any atom is -0.481 e. The average molecular weight is 394 g/mol. The molecule has 1 saturated carbocycles. The van der Waals surface area contributed by atoms with Crippen LogP contribution in [0.5, 0.6) is 0 Å². The van der Waals surface area contributed by atoms with Crippen molar-refractivity contribution in [3.8, 4) is 0 Å². The Kier molecular flexibility index (Phi) is 5.77. The van der Waals surface area contributed by atoms with Crippen molar-refractivity contribution in [1.82, 2.24) is 4.98 Å². The summed E-state index contributed by atoms with van der Waals surface area (Å²) in [4.78, 5) is 38.9. The van der Waals surface area contributed by atoms with Crippen LogP contribution < -0.4 is 5.32 Å². The lowest BCUT2D eigenvalue weighted by atomic mass is 9.78. The number of fused-ring (bicyclic) bond motifs is 1. The second-order valence-electron chi connectivity index (χ2n) is 6.17.